The Morgan fingerprint density at radius 1 is 1.31 bits per heavy atom. The van der Waals surface area contributed by atoms with E-state index < -0.39 is 23.0 Å². The fourth-order valence-electron chi connectivity index (χ4n) is 5.45. The Hall–Kier alpha value is -2.25. The predicted molar refractivity (Wildman–Crippen MR) is 105 cm³/mol. The first-order chi connectivity index (χ1) is 13.8. The Morgan fingerprint density at radius 3 is 2.72 bits per heavy atom. The average Bonchev–Trinajstić information content (AvgIpc) is 3.37. The number of aliphatic hydroxyl groups is 1. The molecule has 7 heteroatoms. The van der Waals surface area contributed by atoms with Gasteiger partial charge >= 0.3 is 0 Å². The van der Waals surface area contributed by atoms with Crippen LogP contribution in [0, 0.1) is 11.8 Å². The quantitative estimate of drug-likeness (QED) is 0.772. The number of ether oxygens (including phenoxy) is 1. The Labute approximate surface area is 170 Å². The Balaban J connectivity index is 1.33. The lowest BCUT2D eigenvalue weighted by Gasteiger charge is -2.39. The number of hydrogen-bond donors (Lipinski definition) is 1. The van der Waals surface area contributed by atoms with Gasteiger partial charge in [0.1, 0.15) is 11.2 Å². The van der Waals surface area contributed by atoms with Crippen molar-refractivity contribution >= 4 is 11.8 Å². The van der Waals surface area contributed by atoms with E-state index in [0.29, 0.717) is 38.2 Å². The zero-order valence-electron chi connectivity index (χ0n) is 16.8. The third-order valence-electron chi connectivity index (χ3n) is 7.08. The van der Waals surface area contributed by atoms with Gasteiger partial charge in [-0.1, -0.05) is 18.2 Å². The highest BCUT2D eigenvalue weighted by molar-refractivity contribution is 5.93. The molecule has 1 aromatic rings. The number of hydrogen-bond acceptors (Lipinski definition) is 5. The summed E-state index contributed by atoms with van der Waals surface area (Å²) in [6.45, 7) is 5.39. The molecule has 1 aromatic heterocycles. The number of rotatable bonds is 3. The number of carbonyl (C=O) groups excluding carboxylic acids is 2. The zero-order chi connectivity index (χ0) is 20.4. The summed E-state index contributed by atoms with van der Waals surface area (Å²) in [5.41, 5.74) is -1.02. The minimum Gasteiger partial charge on any atom is -0.383 e. The van der Waals surface area contributed by atoms with Crippen LogP contribution in [0.2, 0.25) is 0 Å². The van der Waals surface area contributed by atoms with Crippen LogP contribution in [0.1, 0.15) is 32.4 Å². The molecule has 4 atom stereocenters. The first-order valence-electron chi connectivity index (χ1n) is 10.4. The first kappa shape index (κ1) is 18.8. The smallest absolute Gasteiger partial charge is 0.230 e. The minimum absolute atomic E-state index is 0.0206. The van der Waals surface area contributed by atoms with E-state index in [0.717, 1.165) is 0 Å². The number of likely N-dealkylation sites (tertiary alicyclic amines) is 2. The molecule has 1 N–H and O–H groups in total. The van der Waals surface area contributed by atoms with Gasteiger partial charge in [0.05, 0.1) is 30.2 Å². The van der Waals surface area contributed by atoms with E-state index in [1.807, 2.05) is 49.1 Å². The van der Waals surface area contributed by atoms with Gasteiger partial charge in [0, 0.05) is 25.3 Å². The summed E-state index contributed by atoms with van der Waals surface area (Å²) in [6.07, 6.45) is 6.15. The third kappa shape index (κ3) is 2.67. The highest BCUT2D eigenvalue weighted by Crippen LogP contribution is 2.53. The van der Waals surface area contributed by atoms with Crippen molar-refractivity contribution in [2.24, 2.45) is 11.8 Å². The number of amides is 2. The molecule has 0 radical (unpaired) electrons. The number of fused-ring (bicyclic) bond motifs is 1. The fraction of sp³-hybridized carbons (Fsp3) is 0.591. The van der Waals surface area contributed by atoms with Gasteiger partial charge in [0.2, 0.25) is 11.8 Å². The summed E-state index contributed by atoms with van der Waals surface area (Å²) < 4.78 is 6.19. The largest absolute Gasteiger partial charge is 0.383 e. The molecule has 3 saturated heterocycles. The molecule has 0 saturated carbocycles. The number of aromatic nitrogens is 1. The van der Waals surface area contributed by atoms with Crippen LogP contribution in [0.5, 0.6) is 0 Å². The van der Waals surface area contributed by atoms with Crippen molar-refractivity contribution < 1.29 is 19.4 Å². The number of nitrogens with zero attached hydrogens (tertiary/aromatic N) is 3. The SMILES string of the molecule is CC(C)N1C[C@@]23C=C[C@@H](O2)[C@@H](C(=O)N2CCC(O)(c4ccccn4)CC2)[C@@H]3C1=O. The maximum atomic E-state index is 13.4. The second-order valence-electron chi connectivity index (χ2n) is 9.03. The summed E-state index contributed by atoms with van der Waals surface area (Å²) in [4.78, 5) is 34.4. The summed E-state index contributed by atoms with van der Waals surface area (Å²) in [5.74, 6) is -0.929. The van der Waals surface area contributed by atoms with E-state index in [1.54, 1.807) is 11.1 Å². The molecule has 5 rings (SSSR count). The van der Waals surface area contributed by atoms with E-state index in [2.05, 4.69) is 4.98 Å². The number of carbonyl (C=O) groups is 2. The van der Waals surface area contributed by atoms with Crippen LogP contribution in [0.4, 0.5) is 0 Å². The summed E-state index contributed by atoms with van der Waals surface area (Å²) in [6, 6.07) is 5.59. The molecule has 2 bridgehead atoms. The third-order valence-corrected chi connectivity index (χ3v) is 7.08. The van der Waals surface area contributed by atoms with Crippen molar-refractivity contribution in [3.63, 3.8) is 0 Å². The van der Waals surface area contributed by atoms with E-state index in [1.165, 1.54) is 0 Å². The van der Waals surface area contributed by atoms with Crippen molar-refractivity contribution in [1.29, 1.82) is 0 Å². The molecule has 4 aliphatic heterocycles. The van der Waals surface area contributed by atoms with Crippen LogP contribution in [0.3, 0.4) is 0 Å². The summed E-state index contributed by atoms with van der Waals surface area (Å²) >= 11 is 0. The molecule has 0 aromatic carbocycles. The summed E-state index contributed by atoms with van der Waals surface area (Å²) in [7, 11) is 0. The summed E-state index contributed by atoms with van der Waals surface area (Å²) in [5, 5.41) is 11.0. The van der Waals surface area contributed by atoms with E-state index >= 15 is 0 Å². The normalized spacial score (nSPS) is 34.9. The average molecular weight is 397 g/mol. The maximum absolute atomic E-state index is 13.4. The van der Waals surface area contributed by atoms with E-state index in [-0.39, 0.29) is 24.0 Å². The minimum atomic E-state index is -1.01. The van der Waals surface area contributed by atoms with Crippen LogP contribution in [-0.4, -0.2) is 69.1 Å². The van der Waals surface area contributed by atoms with Crippen molar-refractivity contribution in [3.8, 4) is 0 Å². The molecule has 154 valence electrons. The van der Waals surface area contributed by atoms with Crippen LogP contribution >= 0.6 is 0 Å². The highest BCUT2D eigenvalue weighted by Gasteiger charge is 2.67. The lowest BCUT2D eigenvalue weighted by Crippen LogP contribution is -2.51. The maximum Gasteiger partial charge on any atom is 0.230 e. The number of pyridine rings is 1. The molecule has 3 fully saturated rings. The van der Waals surface area contributed by atoms with Gasteiger partial charge in [-0.15, -0.1) is 0 Å². The van der Waals surface area contributed by atoms with Gasteiger partial charge in [-0.2, -0.15) is 0 Å². The van der Waals surface area contributed by atoms with Crippen molar-refractivity contribution in [2.75, 3.05) is 19.6 Å². The predicted octanol–water partition coefficient (Wildman–Crippen LogP) is 1.08. The zero-order valence-corrected chi connectivity index (χ0v) is 16.8. The fourth-order valence-corrected chi connectivity index (χ4v) is 5.45. The lowest BCUT2D eigenvalue weighted by molar-refractivity contribution is -0.147. The topological polar surface area (TPSA) is 83.0 Å². The molecule has 29 heavy (non-hydrogen) atoms. The molecule has 4 aliphatic rings. The van der Waals surface area contributed by atoms with Crippen LogP contribution in [0.25, 0.3) is 0 Å². The van der Waals surface area contributed by atoms with Gasteiger partial charge in [-0.25, -0.2) is 0 Å². The van der Waals surface area contributed by atoms with Crippen LogP contribution in [-0.2, 0) is 19.9 Å². The van der Waals surface area contributed by atoms with Crippen LogP contribution in [0.15, 0.2) is 36.5 Å². The van der Waals surface area contributed by atoms with Crippen molar-refractivity contribution in [2.45, 2.75) is 50.0 Å². The molecule has 1 spiro atoms. The van der Waals surface area contributed by atoms with Gasteiger partial charge in [-0.3, -0.25) is 14.6 Å². The molecule has 7 nitrogen and oxygen atoms in total. The Morgan fingerprint density at radius 2 is 2.07 bits per heavy atom. The van der Waals surface area contributed by atoms with E-state index in [9.17, 15) is 14.7 Å². The van der Waals surface area contributed by atoms with Gasteiger partial charge in [0.15, 0.2) is 0 Å². The standard InChI is InChI=1S/C22H27N3O4/c1-14(2)25-13-22-7-6-15(29-22)17(18(22)20(25)27)19(26)24-11-8-21(28,9-12-24)16-5-3-4-10-23-16/h3-7,10,14-15,17-18,28H,8-9,11-13H2,1-2H3/t15-,17-,18-,22-/m1/s1. The van der Waals surface area contributed by atoms with Crippen molar-refractivity contribution in [1.82, 2.24) is 14.8 Å². The molecule has 2 amide bonds. The Bertz CT molecular complexity index is 862. The second-order valence-corrected chi connectivity index (χ2v) is 9.03. The lowest BCUT2D eigenvalue weighted by atomic mass is 9.76. The van der Waals surface area contributed by atoms with Gasteiger partial charge in [0.25, 0.3) is 0 Å². The Kier molecular flexibility index (Phi) is 4.12. The van der Waals surface area contributed by atoms with Crippen LogP contribution < -0.4 is 0 Å². The highest BCUT2D eigenvalue weighted by atomic mass is 16.5. The molecule has 5 heterocycles. The monoisotopic (exact) mass is 397 g/mol. The van der Waals surface area contributed by atoms with E-state index in [4.69, 9.17) is 4.74 Å². The van der Waals surface area contributed by atoms with Gasteiger partial charge < -0.3 is 19.6 Å². The van der Waals surface area contributed by atoms with Crippen molar-refractivity contribution in [3.05, 3.63) is 42.2 Å². The second kappa shape index (κ2) is 6.37. The molecular formula is C22H27N3O4. The first-order valence-corrected chi connectivity index (χ1v) is 10.4. The molecule has 0 aliphatic carbocycles. The van der Waals surface area contributed by atoms with Gasteiger partial charge in [-0.05, 0) is 38.8 Å². The number of piperidine rings is 1. The molecular weight excluding hydrogens is 370 g/mol. The molecule has 0 unspecified atom stereocenters.